The predicted octanol–water partition coefficient (Wildman–Crippen LogP) is 1.37. The summed E-state index contributed by atoms with van der Waals surface area (Å²) >= 11 is 1.63. The molecule has 1 amide bonds. The molecule has 0 saturated heterocycles. The first-order chi connectivity index (χ1) is 7.04. The van der Waals surface area contributed by atoms with E-state index in [-0.39, 0.29) is 18.0 Å². The van der Waals surface area contributed by atoms with Crippen LogP contribution in [0.25, 0.3) is 0 Å². The lowest BCUT2D eigenvalue weighted by molar-refractivity contribution is -0.120. The number of hydrogen-bond acceptors (Lipinski definition) is 4. The second-order valence-electron chi connectivity index (χ2n) is 3.56. The molecule has 3 N–H and O–H groups in total. The van der Waals surface area contributed by atoms with Crippen LogP contribution < -0.4 is 11.1 Å². The van der Waals surface area contributed by atoms with E-state index in [1.165, 1.54) is 4.88 Å². The molecule has 15 heavy (non-hydrogen) atoms. The lowest BCUT2D eigenvalue weighted by Gasteiger charge is -2.17. The molecule has 0 aliphatic rings. The van der Waals surface area contributed by atoms with Crippen molar-refractivity contribution >= 4 is 17.2 Å². The van der Waals surface area contributed by atoms with Gasteiger partial charge in [-0.15, -0.1) is 11.3 Å². The van der Waals surface area contributed by atoms with Crippen molar-refractivity contribution in [3.8, 4) is 0 Å². The first kappa shape index (κ1) is 12.1. The van der Waals surface area contributed by atoms with E-state index in [0.717, 1.165) is 5.01 Å². The van der Waals surface area contributed by atoms with Gasteiger partial charge in [0.1, 0.15) is 5.01 Å². The lowest BCUT2D eigenvalue weighted by Crippen LogP contribution is -2.41. The third kappa shape index (κ3) is 3.28. The van der Waals surface area contributed by atoms with Gasteiger partial charge in [-0.2, -0.15) is 0 Å². The largest absolute Gasteiger partial charge is 0.368 e. The van der Waals surface area contributed by atoms with E-state index >= 15 is 0 Å². The third-order valence-corrected chi connectivity index (χ3v) is 3.31. The highest BCUT2D eigenvalue weighted by Gasteiger charge is 2.17. The van der Waals surface area contributed by atoms with Gasteiger partial charge in [0.2, 0.25) is 5.91 Å². The van der Waals surface area contributed by atoms with E-state index in [1.54, 1.807) is 11.3 Å². The van der Waals surface area contributed by atoms with E-state index in [0.29, 0.717) is 6.42 Å². The van der Waals surface area contributed by atoms with Gasteiger partial charge in [-0.1, -0.05) is 6.92 Å². The number of thiazole rings is 1. The van der Waals surface area contributed by atoms with Crippen molar-refractivity contribution in [1.82, 2.24) is 10.3 Å². The molecule has 0 radical (unpaired) electrons. The Labute approximate surface area is 93.9 Å². The molecule has 2 atom stereocenters. The highest BCUT2D eigenvalue weighted by atomic mass is 32.1. The number of nitrogens with two attached hydrogens (primary N) is 1. The number of rotatable bonds is 5. The first-order valence-electron chi connectivity index (χ1n) is 5.02. The van der Waals surface area contributed by atoms with Gasteiger partial charge >= 0.3 is 0 Å². The number of carbonyl (C=O) groups is 1. The molecular weight excluding hydrogens is 210 g/mol. The lowest BCUT2D eigenvalue weighted by atomic mass is 10.2. The number of nitrogens with zero attached hydrogens (tertiary/aromatic N) is 1. The fourth-order valence-electron chi connectivity index (χ4n) is 1.35. The Kier molecular flexibility index (Phi) is 4.23. The summed E-state index contributed by atoms with van der Waals surface area (Å²) in [6.45, 7) is 5.94. The molecule has 84 valence electrons. The van der Waals surface area contributed by atoms with Crippen LogP contribution in [0.5, 0.6) is 0 Å². The van der Waals surface area contributed by atoms with Gasteiger partial charge in [0.05, 0.1) is 12.1 Å². The monoisotopic (exact) mass is 227 g/mol. The van der Waals surface area contributed by atoms with Gasteiger partial charge < -0.3 is 5.73 Å². The van der Waals surface area contributed by atoms with Crippen molar-refractivity contribution in [3.05, 3.63) is 16.1 Å². The highest BCUT2D eigenvalue weighted by molar-refractivity contribution is 7.11. The van der Waals surface area contributed by atoms with E-state index < -0.39 is 0 Å². The fraction of sp³-hybridized carbons (Fsp3) is 0.600. The van der Waals surface area contributed by atoms with E-state index in [1.807, 2.05) is 27.0 Å². The number of amides is 1. The van der Waals surface area contributed by atoms with Crippen LogP contribution in [-0.4, -0.2) is 16.9 Å². The quantitative estimate of drug-likeness (QED) is 0.798. The number of primary amides is 1. The van der Waals surface area contributed by atoms with Crippen molar-refractivity contribution in [2.75, 3.05) is 0 Å². The van der Waals surface area contributed by atoms with Crippen LogP contribution in [0, 0.1) is 6.92 Å². The number of aromatic nitrogens is 1. The summed E-state index contributed by atoms with van der Waals surface area (Å²) in [4.78, 5) is 16.5. The summed E-state index contributed by atoms with van der Waals surface area (Å²) in [5.41, 5.74) is 5.26. The van der Waals surface area contributed by atoms with Gasteiger partial charge in [-0.3, -0.25) is 10.1 Å². The Morgan fingerprint density at radius 3 is 2.80 bits per heavy atom. The molecule has 0 spiro atoms. The summed E-state index contributed by atoms with van der Waals surface area (Å²) in [6, 6.07) is -0.203. The summed E-state index contributed by atoms with van der Waals surface area (Å²) in [7, 11) is 0. The molecule has 1 aromatic rings. The van der Waals surface area contributed by atoms with Gasteiger partial charge in [-0.25, -0.2) is 4.98 Å². The SMILES string of the molecule is CCC(NC(C)c1ncc(C)s1)C(N)=O. The van der Waals surface area contributed by atoms with E-state index in [4.69, 9.17) is 5.73 Å². The maximum Gasteiger partial charge on any atom is 0.234 e. The van der Waals surface area contributed by atoms with Crippen molar-refractivity contribution in [2.45, 2.75) is 39.3 Å². The number of nitrogens with one attached hydrogen (secondary N) is 1. The van der Waals surface area contributed by atoms with Crippen LogP contribution in [0.2, 0.25) is 0 Å². The second kappa shape index (κ2) is 5.23. The molecule has 2 unspecified atom stereocenters. The van der Waals surface area contributed by atoms with Gasteiger partial charge in [0, 0.05) is 11.1 Å². The minimum Gasteiger partial charge on any atom is -0.368 e. The van der Waals surface area contributed by atoms with E-state index in [2.05, 4.69) is 10.3 Å². The Bertz CT molecular complexity index is 337. The molecule has 1 heterocycles. The Balaban J connectivity index is 2.62. The summed E-state index contributed by atoms with van der Waals surface area (Å²) in [6.07, 6.45) is 2.54. The molecule has 0 aliphatic carbocycles. The number of carbonyl (C=O) groups excluding carboxylic acids is 1. The maximum absolute atomic E-state index is 11.0. The maximum atomic E-state index is 11.0. The molecular formula is C10H17N3OS. The molecule has 5 heteroatoms. The zero-order valence-corrected chi connectivity index (χ0v) is 10.1. The minimum absolute atomic E-state index is 0.0705. The van der Waals surface area contributed by atoms with Crippen molar-refractivity contribution in [3.63, 3.8) is 0 Å². The van der Waals surface area contributed by atoms with Crippen LogP contribution in [-0.2, 0) is 4.79 Å². The van der Waals surface area contributed by atoms with Gasteiger partial charge in [0.15, 0.2) is 0 Å². The van der Waals surface area contributed by atoms with Gasteiger partial charge in [0.25, 0.3) is 0 Å². The number of hydrogen-bond donors (Lipinski definition) is 2. The zero-order chi connectivity index (χ0) is 11.4. The van der Waals surface area contributed by atoms with Crippen LogP contribution >= 0.6 is 11.3 Å². The zero-order valence-electron chi connectivity index (χ0n) is 9.28. The van der Waals surface area contributed by atoms with Crippen molar-refractivity contribution in [2.24, 2.45) is 5.73 Å². The molecule has 1 rings (SSSR count). The third-order valence-electron chi connectivity index (χ3n) is 2.21. The predicted molar refractivity (Wildman–Crippen MR) is 61.7 cm³/mol. The van der Waals surface area contributed by atoms with Crippen LogP contribution in [0.4, 0.5) is 0 Å². The summed E-state index contributed by atoms with van der Waals surface area (Å²) in [5.74, 6) is -0.308. The summed E-state index contributed by atoms with van der Waals surface area (Å²) < 4.78 is 0. The number of aryl methyl sites for hydroxylation is 1. The molecule has 1 aromatic heterocycles. The van der Waals surface area contributed by atoms with Crippen LogP contribution in [0.1, 0.15) is 36.2 Å². The smallest absolute Gasteiger partial charge is 0.234 e. The molecule has 4 nitrogen and oxygen atoms in total. The second-order valence-corrected chi connectivity index (χ2v) is 4.83. The Morgan fingerprint density at radius 1 is 1.73 bits per heavy atom. The first-order valence-corrected chi connectivity index (χ1v) is 5.84. The average molecular weight is 227 g/mol. The molecule has 0 fully saturated rings. The van der Waals surface area contributed by atoms with Crippen LogP contribution in [0.15, 0.2) is 6.20 Å². The fourth-order valence-corrected chi connectivity index (χ4v) is 2.13. The van der Waals surface area contributed by atoms with Gasteiger partial charge in [-0.05, 0) is 20.3 Å². The molecule has 0 aliphatic heterocycles. The normalized spacial score (nSPS) is 14.9. The molecule has 0 aromatic carbocycles. The Hall–Kier alpha value is -0.940. The topological polar surface area (TPSA) is 68.0 Å². The van der Waals surface area contributed by atoms with Crippen molar-refractivity contribution in [1.29, 1.82) is 0 Å². The highest BCUT2D eigenvalue weighted by Crippen LogP contribution is 2.19. The van der Waals surface area contributed by atoms with Crippen molar-refractivity contribution < 1.29 is 4.79 Å². The standard InChI is InChI=1S/C10H17N3OS/c1-4-8(9(11)14)13-7(3)10-12-5-6(2)15-10/h5,7-8,13H,4H2,1-3H3,(H2,11,14). The Morgan fingerprint density at radius 2 is 2.40 bits per heavy atom. The molecule has 0 bridgehead atoms. The van der Waals surface area contributed by atoms with E-state index in [9.17, 15) is 4.79 Å². The average Bonchev–Trinajstić information content (AvgIpc) is 2.60. The molecule has 0 saturated carbocycles. The minimum atomic E-state index is -0.308. The summed E-state index contributed by atoms with van der Waals surface area (Å²) in [5, 5.41) is 4.16. The van der Waals surface area contributed by atoms with Crippen LogP contribution in [0.3, 0.4) is 0 Å².